The number of likely N-dealkylation sites (N-methyl/N-ethyl adjacent to an activating group) is 1. The average molecular weight is 314 g/mol. The number of carbonyl (C=O) groups is 2. The predicted molar refractivity (Wildman–Crippen MR) is 89.9 cm³/mol. The topological polar surface area (TPSA) is 69.6 Å². The van der Waals surface area contributed by atoms with Crippen molar-refractivity contribution in [1.82, 2.24) is 10.2 Å². The van der Waals surface area contributed by atoms with Gasteiger partial charge in [-0.2, -0.15) is 0 Å². The van der Waals surface area contributed by atoms with Gasteiger partial charge in [0.2, 0.25) is 5.91 Å². The molecule has 22 heavy (non-hydrogen) atoms. The fourth-order valence-electron chi connectivity index (χ4n) is 2.16. The Hall–Kier alpha value is -1.10. The highest BCUT2D eigenvalue weighted by molar-refractivity contribution is 5.83. The fourth-order valence-corrected chi connectivity index (χ4v) is 2.16. The van der Waals surface area contributed by atoms with Crippen LogP contribution in [0.4, 0.5) is 0 Å². The molecule has 2 N–H and O–H groups in total. The van der Waals surface area contributed by atoms with Gasteiger partial charge in [0.25, 0.3) is 0 Å². The summed E-state index contributed by atoms with van der Waals surface area (Å²) < 4.78 is 0. The fraction of sp³-hybridized carbons (Fsp3) is 0.882. The van der Waals surface area contributed by atoms with Crippen molar-refractivity contribution in [2.45, 2.75) is 78.8 Å². The third-order valence-corrected chi connectivity index (χ3v) is 3.39. The molecule has 1 atom stereocenters. The lowest BCUT2D eigenvalue weighted by molar-refractivity contribution is -0.150. The Labute approximate surface area is 135 Å². The number of aliphatic carboxylic acids is 1. The molecule has 0 heterocycles. The molecular formula is C17H34N2O3. The van der Waals surface area contributed by atoms with E-state index < -0.39 is 12.0 Å². The van der Waals surface area contributed by atoms with Gasteiger partial charge in [-0.05, 0) is 52.0 Å². The predicted octanol–water partition coefficient (Wildman–Crippen LogP) is 2.89. The van der Waals surface area contributed by atoms with Crippen LogP contribution in [0.15, 0.2) is 0 Å². The van der Waals surface area contributed by atoms with Crippen LogP contribution in [-0.4, -0.2) is 47.1 Å². The van der Waals surface area contributed by atoms with E-state index in [-0.39, 0.29) is 16.9 Å². The zero-order chi connectivity index (χ0) is 17.6. The van der Waals surface area contributed by atoms with Gasteiger partial charge >= 0.3 is 5.97 Å². The highest BCUT2D eigenvalue weighted by atomic mass is 16.4. The molecule has 0 aromatic carbocycles. The Balaban J connectivity index is 4.37. The molecule has 0 unspecified atom stereocenters. The third-order valence-electron chi connectivity index (χ3n) is 3.39. The van der Waals surface area contributed by atoms with Crippen molar-refractivity contribution in [3.05, 3.63) is 0 Å². The molecule has 0 rings (SSSR count). The van der Waals surface area contributed by atoms with Gasteiger partial charge in [-0.3, -0.25) is 4.79 Å². The first-order valence-electron chi connectivity index (χ1n) is 8.07. The largest absolute Gasteiger partial charge is 0.480 e. The summed E-state index contributed by atoms with van der Waals surface area (Å²) in [7, 11) is 1.60. The van der Waals surface area contributed by atoms with Crippen LogP contribution in [0.25, 0.3) is 0 Å². The van der Waals surface area contributed by atoms with Crippen LogP contribution in [-0.2, 0) is 9.59 Å². The molecule has 130 valence electrons. The molecule has 0 aliphatic rings. The number of hydrogen-bond donors (Lipinski definition) is 2. The molecule has 0 aromatic heterocycles. The van der Waals surface area contributed by atoms with Gasteiger partial charge in [-0.1, -0.05) is 20.8 Å². The number of nitrogens with one attached hydrogen (secondary N) is 1. The maximum atomic E-state index is 12.2. The highest BCUT2D eigenvalue weighted by Gasteiger charge is 2.28. The number of carbonyl (C=O) groups excluding carboxylic acids is 1. The number of amides is 1. The summed E-state index contributed by atoms with van der Waals surface area (Å²) in [6, 6.07) is -0.732. The quantitative estimate of drug-likeness (QED) is 0.676. The summed E-state index contributed by atoms with van der Waals surface area (Å²) in [6.07, 6.45) is 2.54. The second kappa shape index (κ2) is 8.51. The van der Waals surface area contributed by atoms with E-state index >= 15 is 0 Å². The summed E-state index contributed by atoms with van der Waals surface area (Å²) in [5.74, 6) is -1.03. The number of rotatable bonds is 8. The second-order valence-electron chi connectivity index (χ2n) is 8.27. The molecule has 0 bridgehead atoms. The van der Waals surface area contributed by atoms with Crippen molar-refractivity contribution in [2.75, 3.05) is 13.6 Å². The number of carboxylic acid groups (broad SMARTS) is 1. The van der Waals surface area contributed by atoms with Crippen molar-refractivity contribution >= 4 is 11.9 Å². The third kappa shape index (κ3) is 9.77. The lowest BCUT2D eigenvalue weighted by atomic mass is 9.91. The number of carboxylic acids is 1. The van der Waals surface area contributed by atoms with Crippen molar-refractivity contribution < 1.29 is 14.7 Å². The molecule has 0 spiro atoms. The van der Waals surface area contributed by atoms with E-state index in [4.69, 9.17) is 0 Å². The first-order valence-corrected chi connectivity index (χ1v) is 8.07. The molecule has 1 amide bonds. The van der Waals surface area contributed by atoms with E-state index in [0.717, 1.165) is 19.4 Å². The van der Waals surface area contributed by atoms with Crippen LogP contribution >= 0.6 is 0 Å². The summed E-state index contributed by atoms with van der Waals surface area (Å²) in [4.78, 5) is 25.0. The molecule has 0 fully saturated rings. The van der Waals surface area contributed by atoms with Gasteiger partial charge in [0.05, 0.1) is 0 Å². The smallest absolute Gasteiger partial charge is 0.326 e. The molecule has 0 radical (unpaired) electrons. The average Bonchev–Trinajstić information content (AvgIpc) is 2.28. The summed E-state index contributed by atoms with van der Waals surface area (Å²) >= 11 is 0. The minimum absolute atomic E-state index is 0.0751. The lowest BCUT2D eigenvalue weighted by Crippen LogP contribution is -2.43. The van der Waals surface area contributed by atoms with Crippen LogP contribution in [0.3, 0.4) is 0 Å². The Kier molecular flexibility index (Phi) is 8.09. The van der Waals surface area contributed by atoms with Crippen LogP contribution in [0.2, 0.25) is 0 Å². The molecule has 0 aromatic rings. The molecule has 0 saturated carbocycles. The van der Waals surface area contributed by atoms with Crippen LogP contribution < -0.4 is 5.32 Å². The van der Waals surface area contributed by atoms with Crippen LogP contribution in [0, 0.1) is 5.41 Å². The van der Waals surface area contributed by atoms with E-state index in [9.17, 15) is 14.7 Å². The van der Waals surface area contributed by atoms with Gasteiger partial charge in [-0.25, -0.2) is 4.79 Å². The number of unbranched alkanes of at least 4 members (excludes halogenated alkanes) is 1. The molecule has 5 nitrogen and oxygen atoms in total. The van der Waals surface area contributed by atoms with Gasteiger partial charge in [0.15, 0.2) is 0 Å². The van der Waals surface area contributed by atoms with Crippen molar-refractivity contribution in [3.8, 4) is 0 Å². The van der Waals surface area contributed by atoms with E-state index in [0.29, 0.717) is 12.8 Å². The van der Waals surface area contributed by atoms with Gasteiger partial charge in [0, 0.05) is 19.0 Å². The van der Waals surface area contributed by atoms with Crippen molar-refractivity contribution in [1.29, 1.82) is 0 Å². The zero-order valence-electron chi connectivity index (χ0n) is 15.3. The van der Waals surface area contributed by atoms with E-state index in [1.165, 1.54) is 4.90 Å². The van der Waals surface area contributed by atoms with Crippen molar-refractivity contribution in [2.24, 2.45) is 5.41 Å². The van der Waals surface area contributed by atoms with Gasteiger partial charge in [0.1, 0.15) is 6.04 Å². The van der Waals surface area contributed by atoms with Gasteiger partial charge in [-0.15, -0.1) is 0 Å². The SMILES string of the molecule is CN(C(=O)CC(C)(C)C)[C@@H](CCCCNC(C)(C)C)C(=O)O. The summed E-state index contributed by atoms with van der Waals surface area (Å²) in [5, 5.41) is 12.7. The molecule has 0 saturated heterocycles. The first-order chi connectivity index (χ1) is 9.83. The van der Waals surface area contributed by atoms with E-state index in [1.807, 2.05) is 20.8 Å². The summed E-state index contributed by atoms with van der Waals surface area (Å²) in [5.41, 5.74) is -0.0588. The minimum Gasteiger partial charge on any atom is -0.480 e. The van der Waals surface area contributed by atoms with Gasteiger partial charge < -0.3 is 15.3 Å². The Morgan fingerprint density at radius 1 is 1.09 bits per heavy atom. The Bertz CT molecular complexity index is 367. The van der Waals surface area contributed by atoms with Crippen LogP contribution in [0.5, 0.6) is 0 Å². The normalized spacial score (nSPS) is 13.8. The van der Waals surface area contributed by atoms with E-state index in [1.54, 1.807) is 7.05 Å². The second-order valence-corrected chi connectivity index (χ2v) is 8.27. The molecule has 0 aliphatic heterocycles. The maximum absolute atomic E-state index is 12.2. The zero-order valence-corrected chi connectivity index (χ0v) is 15.3. The van der Waals surface area contributed by atoms with E-state index in [2.05, 4.69) is 26.1 Å². The molecule has 5 heteroatoms. The molecule has 0 aliphatic carbocycles. The standard InChI is InChI=1S/C17H34N2O3/c1-16(2,3)12-14(20)19(7)13(15(21)22)10-8-9-11-18-17(4,5)6/h13,18H,8-12H2,1-7H3,(H,21,22)/t13-/m0/s1. The molecular weight excluding hydrogens is 280 g/mol. The maximum Gasteiger partial charge on any atom is 0.326 e. The highest BCUT2D eigenvalue weighted by Crippen LogP contribution is 2.21. The van der Waals surface area contributed by atoms with Crippen molar-refractivity contribution in [3.63, 3.8) is 0 Å². The first kappa shape index (κ1) is 20.9. The number of hydrogen-bond acceptors (Lipinski definition) is 3. The summed E-state index contributed by atoms with van der Waals surface area (Å²) in [6.45, 7) is 13.1. The number of nitrogens with zero attached hydrogens (tertiary/aromatic N) is 1. The monoisotopic (exact) mass is 314 g/mol. The minimum atomic E-state index is -0.923. The van der Waals surface area contributed by atoms with Crippen LogP contribution in [0.1, 0.15) is 67.2 Å². The Morgan fingerprint density at radius 3 is 2.05 bits per heavy atom. The lowest BCUT2D eigenvalue weighted by Gasteiger charge is -2.28. The Morgan fingerprint density at radius 2 is 1.64 bits per heavy atom.